The molecule has 3 heterocycles. The first kappa shape index (κ1) is 19.1. The van der Waals surface area contributed by atoms with Crippen LogP contribution in [0.15, 0.2) is 6.20 Å². The molecule has 2 aliphatic rings. The summed E-state index contributed by atoms with van der Waals surface area (Å²) >= 11 is 0. The molecule has 11 nitrogen and oxygen atoms in total. The van der Waals surface area contributed by atoms with Gasteiger partial charge >= 0.3 is 11.8 Å². The van der Waals surface area contributed by atoms with Gasteiger partial charge in [0.2, 0.25) is 11.8 Å². The van der Waals surface area contributed by atoms with Crippen LogP contribution in [-0.2, 0) is 16.1 Å². The molecule has 0 unspecified atom stereocenters. The topological polar surface area (TPSA) is 123 Å². The van der Waals surface area contributed by atoms with Crippen LogP contribution in [0.3, 0.4) is 0 Å². The largest absolute Gasteiger partial charge is 0.444 e. The van der Waals surface area contributed by atoms with Crippen molar-refractivity contribution in [3.63, 3.8) is 0 Å². The van der Waals surface area contributed by atoms with Gasteiger partial charge in [-0.3, -0.25) is 19.1 Å². The minimum absolute atomic E-state index is 0.0832. The molecule has 1 aromatic heterocycles. The number of likely N-dealkylation sites (tertiary alicyclic amines) is 1. The van der Waals surface area contributed by atoms with E-state index in [-0.39, 0.29) is 30.2 Å². The smallest absolute Gasteiger partial charge is 0.414 e. The highest BCUT2D eigenvalue weighted by atomic mass is 16.6. The van der Waals surface area contributed by atoms with Gasteiger partial charge in [0.1, 0.15) is 12.8 Å². The molecule has 3 rings (SSSR count). The Morgan fingerprint density at radius 2 is 2.19 bits per heavy atom. The molecular weight excluding hydrogens is 356 g/mol. The predicted octanol–water partition coefficient (Wildman–Crippen LogP) is -0.386. The lowest BCUT2D eigenvalue weighted by Crippen LogP contribution is -2.42. The normalized spacial score (nSPS) is 17.8. The Morgan fingerprint density at radius 3 is 2.93 bits per heavy atom. The number of nitro groups is 1. The Hall–Kier alpha value is -2.69. The van der Waals surface area contributed by atoms with Gasteiger partial charge in [0.15, 0.2) is 0 Å². The Kier molecular flexibility index (Phi) is 6.22. The summed E-state index contributed by atoms with van der Waals surface area (Å²) in [6.07, 6.45) is 3.64. The maximum atomic E-state index is 12.1. The van der Waals surface area contributed by atoms with E-state index in [2.05, 4.69) is 10.3 Å². The van der Waals surface area contributed by atoms with Crippen molar-refractivity contribution >= 4 is 17.6 Å². The fraction of sp³-hybridized carbons (Fsp3) is 0.688. The molecule has 1 fully saturated rings. The van der Waals surface area contributed by atoms with Crippen molar-refractivity contribution in [1.82, 2.24) is 24.7 Å². The minimum atomic E-state index is -0.553. The van der Waals surface area contributed by atoms with Gasteiger partial charge in [-0.05, 0) is 17.8 Å². The molecule has 27 heavy (non-hydrogen) atoms. The Bertz CT molecular complexity index is 705. The maximum absolute atomic E-state index is 12.1. The van der Waals surface area contributed by atoms with Gasteiger partial charge < -0.3 is 25.1 Å². The Labute approximate surface area is 156 Å². The fourth-order valence-electron chi connectivity index (χ4n) is 3.23. The number of nitrogens with one attached hydrogen (secondary N) is 1. The van der Waals surface area contributed by atoms with Crippen molar-refractivity contribution in [2.75, 3.05) is 45.9 Å². The number of amides is 2. The quantitative estimate of drug-likeness (QED) is 0.388. The lowest BCUT2D eigenvalue weighted by molar-refractivity contribution is -0.389. The second kappa shape index (κ2) is 8.80. The highest BCUT2D eigenvalue weighted by molar-refractivity contribution is 5.78. The predicted molar refractivity (Wildman–Crippen MR) is 94.3 cm³/mol. The third kappa shape index (κ3) is 5.16. The highest BCUT2D eigenvalue weighted by Gasteiger charge is 2.23. The first-order valence-corrected chi connectivity index (χ1v) is 9.14. The number of nitrogens with zero attached hydrogens (tertiary/aromatic N) is 5. The molecule has 0 atom stereocenters. The third-order valence-corrected chi connectivity index (χ3v) is 4.68. The van der Waals surface area contributed by atoms with Crippen molar-refractivity contribution in [1.29, 1.82) is 0 Å². The number of carbonyl (C=O) groups excluding carboxylic acids is 2. The van der Waals surface area contributed by atoms with Crippen LogP contribution in [0.25, 0.3) is 0 Å². The zero-order valence-electron chi connectivity index (χ0n) is 15.1. The molecule has 2 aliphatic heterocycles. The van der Waals surface area contributed by atoms with E-state index in [1.807, 2.05) is 9.80 Å². The van der Waals surface area contributed by atoms with E-state index < -0.39 is 4.92 Å². The summed E-state index contributed by atoms with van der Waals surface area (Å²) in [5, 5.41) is 13.7. The van der Waals surface area contributed by atoms with Crippen molar-refractivity contribution in [3.8, 4) is 6.01 Å². The van der Waals surface area contributed by atoms with Crippen LogP contribution in [-0.4, -0.2) is 82.0 Å². The van der Waals surface area contributed by atoms with Crippen molar-refractivity contribution < 1.29 is 19.2 Å². The van der Waals surface area contributed by atoms with E-state index in [1.165, 1.54) is 6.20 Å². The Balaban J connectivity index is 1.39. The van der Waals surface area contributed by atoms with Gasteiger partial charge in [-0.15, -0.1) is 0 Å². The van der Waals surface area contributed by atoms with Gasteiger partial charge in [-0.1, -0.05) is 0 Å². The number of aromatic nitrogens is 2. The summed E-state index contributed by atoms with van der Waals surface area (Å²) in [4.78, 5) is 41.5. The number of rotatable bonds is 7. The number of imidazole rings is 1. The van der Waals surface area contributed by atoms with E-state index in [0.29, 0.717) is 45.8 Å². The van der Waals surface area contributed by atoms with Crippen molar-refractivity contribution in [3.05, 3.63) is 16.3 Å². The zero-order chi connectivity index (χ0) is 19.2. The first-order chi connectivity index (χ1) is 13.0. The molecule has 0 bridgehead atoms. The fourth-order valence-corrected chi connectivity index (χ4v) is 3.23. The van der Waals surface area contributed by atoms with Crippen LogP contribution in [0, 0.1) is 10.1 Å². The third-order valence-electron chi connectivity index (χ3n) is 4.68. The standard InChI is InChI=1S/C16H24N6O5/c23-14(17-4-2-6-20-5-1-3-15(20)24)12-19-7-8-21-11-13(22(25)26)18-16(21)27-10-9-19/h11H,1-10,12H2,(H,17,23). The lowest BCUT2D eigenvalue weighted by atomic mass is 10.3. The van der Waals surface area contributed by atoms with E-state index in [1.54, 1.807) is 4.57 Å². The van der Waals surface area contributed by atoms with Gasteiger partial charge in [0.05, 0.1) is 6.54 Å². The first-order valence-electron chi connectivity index (χ1n) is 9.14. The average Bonchev–Trinajstić information content (AvgIpc) is 3.20. The summed E-state index contributed by atoms with van der Waals surface area (Å²) < 4.78 is 7.07. The monoisotopic (exact) mass is 380 g/mol. The van der Waals surface area contributed by atoms with Gasteiger partial charge in [-0.2, -0.15) is 0 Å². The van der Waals surface area contributed by atoms with E-state index in [0.717, 1.165) is 19.4 Å². The van der Waals surface area contributed by atoms with Crippen LogP contribution in [0.5, 0.6) is 6.01 Å². The molecule has 0 saturated carbocycles. The highest BCUT2D eigenvalue weighted by Crippen LogP contribution is 2.18. The summed E-state index contributed by atoms with van der Waals surface area (Å²) in [7, 11) is 0. The Morgan fingerprint density at radius 1 is 1.33 bits per heavy atom. The lowest BCUT2D eigenvalue weighted by Gasteiger charge is -2.23. The van der Waals surface area contributed by atoms with E-state index in [9.17, 15) is 19.7 Å². The van der Waals surface area contributed by atoms with E-state index >= 15 is 0 Å². The molecule has 1 aromatic rings. The van der Waals surface area contributed by atoms with Crippen molar-refractivity contribution in [2.45, 2.75) is 25.8 Å². The molecule has 1 N–H and O–H groups in total. The summed E-state index contributed by atoms with van der Waals surface area (Å²) in [6, 6.07) is 0.238. The molecule has 2 amide bonds. The van der Waals surface area contributed by atoms with Crippen molar-refractivity contribution in [2.24, 2.45) is 0 Å². The van der Waals surface area contributed by atoms with Crippen LogP contribution >= 0.6 is 0 Å². The minimum Gasteiger partial charge on any atom is -0.444 e. The molecule has 11 heteroatoms. The number of hydrogen-bond acceptors (Lipinski definition) is 7. The number of carbonyl (C=O) groups is 2. The van der Waals surface area contributed by atoms with Gasteiger partial charge in [0.25, 0.3) is 0 Å². The van der Waals surface area contributed by atoms with Gasteiger partial charge in [-0.25, -0.2) is 0 Å². The molecule has 148 valence electrons. The summed E-state index contributed by atoms with van der Waals surface area (Å²) in [6.45, 7) is 4.13. The van der Waals surface area contributed by atoms with Crippen LogP contribution < -0.4 is 10.1 Å². The molecule has 1 saturated heterocycles. The molecule has 0 aliphatic carbocycles. The maximum Gasteiger partial charge on any atom is 0.414 e. The molecular formula is C16H24N6O5. The second-order valence-electron chi connectivity index (χ2n) is 6.64. The van der Waals surface area contributed by atoms with E-state index in [4.69, 9.17) is 4.74 Å². The van der Waals surface area contributed by atoms with Crippen LogP contribution in [0.4, 0.5) is 5.82 Å². The zero-order valence-corrected chi connectivity index (χ0v) is 15.1. The summed E-state index contributed by atoms with van der Waals surface area (Å²) in [5.41, 5.74) is 0. The number of ether oxygens (including phenoxy) is 1. The molecule has 0 aromatic carbocycles. The van der Waals surface area contributed by atoms with Crippen LogP contribution in [0.1, 0.15) is 19.3 Å². The van der Waals surface area contributed by atoms with Gasteiger partial charge in [0, 0.05) is 50.7 Å². The molecule has 0 radical (unpaired) electrons. The van der Waals surface area contributed by atoms with Crippen LogP contribution in [0.2, 0.25) is 0 Å². The number of hydrogen-bond donors (Lipinski definition) is 1. The molecule has 0 spiro atoms. The summed E-state index contributed by atoms with van der Waals surface area (Å²) in [5.74, 6) is -0.131. The number of fused-ring (bicyclic) bond motifs is 1. The SMILES string of the molecule is O=C(CN1CCOc2nc([N+](=O)[O-])cn2CC1)NCCCN1CCCC1=O. The average molecular weight is 380 g/mol. The second-order valence-corrected chi connectivity index (χ2v) is 6.64.